The van der Waals surface area contributed by atoms with Gasteiger partial charge in [-0.05, 0) is 24.6 Å². The lowest BCUT2D eigenvalue weighted by Gasteiger charge is -2.18. The van der Waals surface area contributed by atoms with Gasteiger partial charge in [-0.2, -0.15) is 13.2 Å². The Morgan fingerprint density at radius 1 is 1.21 bits per heavy atom. The highest BCUT2D eigenvalue weighted by Crippen LogP contribution is 2.18. The van der Waals surface area contributed by atoms with E-state index in [4.69, 9.17) is 14.3 Å². The second-order valence-corrected chi connectivity index (χ2v) is 6.56. The number of nitrogens with zero attached hydrogens (tertiary/aromatic N) is 5. The smallest absolute Gasteiger partial charge is 0.475 e. The van der Waals surface area contributed by atoms with Crippen molar-refractivity contribution in [2.75, 3.05) is 6.54 Å². The van der Waals surface area contributed by atoms with Crippen molar-refractivity contribution in [1.29, 1.82) is 0 Å². The predicted octanol–water partition coefficient (Wildman–Crippen LogP) is 2.76. The van der Waals surface area contributed by atoms with Crippen LogP contribution in [0.4, 0.5) is 13.2 Å². The molecule has 156 valence electrons. The minimum absolute atomic E-state index is 0.780. The average molecular weight is 411 g/mol. The molecule has 0 spiro atoms. The number of furan rings is 1. The Balaban J connectivity index is 0.000000298. The molecule has 0 unspecified atom stereocenters. The zero-order chi connectivity index (χ0) is 20.9. The zero-order valence-electron chi connectivity index (χ0n) is 15.4. The van der Waals surface area contributed by atoms with Crippen molar-refractivity contribution in [3.8, 4) is 0 Å². The van der Waals surface area contributed by atoms with Gasteiger partial charge >= 0.3 is 12.1 Å². The molecule has 11 heteroatoms. The normalized spacial score (nSPS) is 14.6. The van der Waals surface area contributed by atoms with Crippen LogP contribution in [-0.2, 0) is 31.0 Å². The van der Waals surface area contributed by atoms with Crippen molar-refractivity contribution in [3.63, 3.8) is 0 Å². The molecular formula is C18H20F3N5O3. The fraction of sp³-hybridized carbons (Fsp3) is 0.389. The van der Waals surface area contributed by atoms with Crippen LogP contribution < -0.4 is 0 Å². The molecule has 4 heterocycles. The Labute approximate surface area is 164 Å². The maximum absolute atomic E-state index is 10.6. The highest BCUT2D eigenvalue weighted by Gasteiger charge is 2.38. The number of hydrogen-bond donors (Lipinski definition) is 1. The van der Waals surface area contributed by atoms with E-state index in [1.165, 1.54) is 11.3 Å². The van der Waals surface area contributed by atoms with Gasteiger partial charge in [0.05, 0.1) is 24.8 Å². The Hall–Kier alpha value is -3.08. The van der Waals surface area contributed by atoms with Crippen LogP contribution in [0.1, 0.15) is 23.4 Å². The van der Waals surface area contributed by atoms with Gasteiger partial charge in [-0.25, -0.2) is 9.48 Å². The molecule has 29 heavy (non-hydrogen) atoms. The molecule has 0 saturated heterocycles. The van der Waals surface area contributed by atoms with Crippen molar-refractivity contribution < 1.29 is 27.5 Å². The Bertz CT molecular complexity index is 904. The third-order valence-electron chi connectivity index (χ3n) is 4.36. The van der Waals surface area contributed by atoms with E-state index in [-0.39, 0.29) is 0 Å². The van der Waals surface area contributed by atoms with Crippen LogP contribution in [0.5, 0.6) is 0 Å². The number of fused-ring (bicyclic) bond motifs is 1. The quantitative estimate of drug-likeness (QED) is 0.710. The summed E-state index contributed by atoms with van der Waals surface area (Å²) in [5.74, 6) is -2.76. The lowest BCUT2D eigenvalue weighted by molar-refractivity contribution is -0.192. The van der Waals surface area contributed by atoms with Crippen LogP contribution in [0.25, 0.3) is 0 Å². The van der Waals surface area contributed by atoms with Gasteiger partial charge in [-0.1, -0.05) is 5.21 Å². The number of carboxylic acid groups (broad SMARTS) is 1. The van der Waals surface area contributed by atoms with E-state index in [0.717, 1.165) is 44.8 Å². The largest absolute Gasteiger partial charge is 0.490 e. The van der Waals surface area contributed by atoms with E-state index in [2.05, 4.69) is 36.9 Å². The minimum Gasteiger partial charge on any atom is -0.475 e. The van der Waals surface area contributed by atoms with Gasteiger partial charge in [0, 0.05) is 44.1 Å². The summed E-state index contributed by atoms with van der Waals surface area (Å²) in [5, 5.41) is 15.9. The first-order valence-corrected chi connectivity index (χ1v) is 8.88. The number of alkyl halides is 3. The van der Waals surface area contributed by atoms with Gasteiger partial charge in [0.25, 0.3) is 0 Å². The maximum Gasteiger partial charge on any atom is 0.490 e. The monoisotopic (exact) mass is 411 g/mol. The number of aromatic nitrogens is 4. The molecular weight excluding hydrogens is 391 g/mol. The average Bonchev–Trinajstić information content (AvgIpc) is 3.39. The van der Waals surface area contributed by atoms with Gasteiger partial charge in [0.2, 0.25) is 0 Å². The molecule has 3 aromatic heterocycles. The number of carboxylic acids is 1. The lowest BCUT2D eigenvalue weighted by Crippen LogP contribution is -2.23. The second kappa shape index (κ2) is 8.95. The van der Waals surface area contributed by atoms with Crippen LogP contribution in [0, 0.1) is 0 Å². The summed E-state index contributed by atoms with van der Waals surface area (Å²) >= 11 is 0. The zero-order valence-corrected chi connectivity index (χ0v) is 15.4. The summed E-state index contributed by atoms with van der Waals surface area (Å²) in [6, 6.07) is 6.10. The molecule has 0 radical (unpaired) electrons. The highest BCUT2D eigenvalue weighted by atomic mass is 19.4. The van der Waals surface area contributed by atoms with Crippen molar-refractivity contribution in [2.45, 2.75) is 38.8 Å². The number of hydrogen-bond acceptors (Lipinski definition) is 5. The standard InChI is InChI=1S/C16H19N5O.C2HF3O2/c1-2-6-19(5-1)11-15-16-12-20(10-14-4-9-22-13-14)7-3-8-21(16)18-17-15;3-2(4,5)1(6)7/h1-2,4-6,9,13H,3,7-8,10-12H2;(H,6,7). The first-order valence-electron chi connectivity index (χ1n) is 8.88. The van der Waals surface area contributed by atoms with Crippen molar-refractivity contribution >= 4 is 5.97 Å². The maximum atomic E-state index is 10.6. The molecule has 0 saturated carbocycles. The van der Waals surface area contributed by atoms with Crippen LogP contribution in [0.3, 0.4) is 0 Å². The number of halogens is 3. The molecule has 0 bridgehead atoms. The molecule has 4 rings (SSSR count). The number of carbonyl (C=O) groups is 1. The fourth-order valence-electron chi connectivity index (χ4n) is 3.00. The van der Waals surface area contributed by atoms with Crippen LogP contribution in [-0.4, -0.2) is 48.3 Å². The van der Waals surface area contributed by atoms with E-state index in [0.29, 0.717) is 0 Å². The SMILES string of the molecule is O=C(O)C(F)(F)F.c1ccn(Cc2nnn3c2CN(Cc2ccoc2)CCC3)c1. The summed E-state index contributed by atoms with van der Waals surface area (Å²) in [6.07, 6.45) is 3.69. The Morgan fingerprint density at radius 3 is 2.55 bits per heavy atom. The summed E-state index contributed by atoms with van der Waals surface area (Å²) < 4.78 is 41.1. The van der Waals surface area contributed by atoms with Crippen molar-refractivity contribution in [1.82, 2.24) is 24.5 Å². The van der Waals surface area contributed by atoms with Crippen molar-refractivity contribution in [3.05, 3.63) is 60.1 Å². The van der Waals surface area contributed by atoms with Crippen molar-refractivity contribution in [2.24, 2.45) is 0 Å². The molecule has 3 aromatic rings. The summed E-state index contributed by atoms with van der Waals surface area (Å²) in [5.41, 5.74) is 3.51. The van der Waals surface area contributed by atoms with Gasteiger partial charge in [0.1, 0.15) is 5.69 Å². The number of rotatable bonds is 4. The fourth-order valence-corrected chi connectivity index (χ4v) is 3.00. The van der Waals surface area contributed by atoms with Crippen LogP contribution in [0.15, 0.2) is 47.5 Å². The Kier molecular flexibility index (Phi) is 6.37. The summed E-state index contributed by atoms with van der Waals surface area (Å²) in [7, 11) is 0. The molecule has 1 N–H and O–H groups in total. The minimum atomic E-state index is -5.08. The molecule has 0 aliphatic carbocycles. The first-order chi connectivity index (χ1) is 13.8. The van der Waals surface area contributed by atoms with Gasteiger partial charge < -0.3 is 14.1 Å². The van der Waals surface area contributed by atoms with Gasteiger partial charge in [0.15, 0.2) is 0 Å². The van der Waals surface area contributed by atoms with E-state index < -0.39 is 12.1 Å². The molecule has 1 aliphatic rings. The van der Waals surface area contributed by atoms with Crippen LogP contribution >= 0.6 is 0 Å². The molecule has 0 amide bonds. The van der Waals surface area contributed by atoms with Crippen LogP contribution in [0.2, 0.25) is 0 Å². The van der Waals surface area contributed by atoms with E-state index >= 15 is 0 Å². The summed E-state index contributed by atoms with van der Waals surface area (Å²) in [6.45, 7) is 4.58. The molecule has 1 aliphatic heterocycles. The Morgan fingerprint density at radius 2 is 1.93 bits per heavy atom. The van der Waals surface area contributed by atoms with Gasteiger partial charge in [-0.3, -0.25) is 4.90 Å². The number of aliphatic carboxylic acids is 1. The predicted molar refractivity (Wildman–Crippen MR) is 94.7 cm³/mol. The molecule has 0 fully saturated rings. The topological polar surface area (TPSA) is 89.3 Å². The number of aryl methyl sites for hydroxylation is 1. The molecule has 0 aromatic carbocycles. The van der Waals surface area contributed by atoms with E-state index in [1.807, 2.05) is 24.5 Å². The molecule has 8 nitrogen and oxygen atoms in total. The second-order valence-electron chi connectivity index (χ2n) is 6.56. The molecule has 0 atom stereocenters. The van der Waals surface area contributed by atoms with E-state index in [1.54, 1.807) is 6.26 Å². The van der Waals surface area contributed by atoms with E-state index in [9.17, 15) is 13.2 Å². The van der Waals surface area contributed by atoms with Gasteiger partial charge in [-0.15, -0.1) is 5.10 Å². The third kappa shape index (κ3) is 5.70. The highest BCUT2D eigenvalue weighted by molar-refractivity contribution is 5.73. The first kappa shape index (κ1) is 20.6. The lowest BCUT2D eigenvalue weighted by atomic mass is 10.2. The summed E-state index contributed by atoms with van der Waals surface area (Å²) in [4.78, 5) is 11.3. The third-order valence-corrected chi connectivity index (χ3v) is 4.36.